The molecule has 1 aromatic carbocycles. The van der Waals surface area contributed by atoms with Gasteiger partial charge in [-0.2, -0.15) is 5.10 Å². The molecule has 2 heterocycles. The minimum atomic E-state index is -0.0281. The first-order valence-electron chi connectivity index (χ1n) is 7.77. The predicted molar refractivity (Wildman–Crippen MR) is 84.6 cm³/mol. The van der Waals surface area contributed by atoms with Crippen LogP contribution in [0.25, 0.3) is 0 Å². The quantitative estimate of drug-likeness (QED) is 0.923. The first-order chi connectivity index (χ1) is 10.8. The number of nitrogens with one attached hydrogen (secondary N) is 1. The number of anilines is 1. The summed E-state index contributed by atoms with van der Waals surface area (Å²) >= 11 is 0. The standard InChI is InChI=1S/C17H21N3O2/c21-17(10-14-6-2-1-3-7-14)19-15-11-18-20(12-15)13-16-8-4-5-9-22-16/h1-3,6-7,11-12,16H,4-5,8-10,13H2,(H,19,21). The smallest absolute Gasteiger partial charge is 0.228 e. The zero-order valence-electron chi connectivity index (χ0n) is 12.6. The average molecular weight is 299 g/mol. The van der Waals surface area contributed by atoms with E-state index in [4.69, 9.17) is 4.74 Å². The largest absolute Gasteiger partial charge is 0.376 e. The molecule has 0 aliphatic carbocycles. The van der Waals surface area contributed by atoms with Crippen LogP contribution in [0.3, 0.4) is 0 Å². The van der Waals surface area contributed by atoms with E-state index in [0.717, 1.165) is 37.2 Å². The van der Waals surface area contributed by atoms with Crippen LogP contribution in [0, 0.1) is 0 Å². The van der Waals surface area contributed by atoms with Crippen LogP contribution < -0.4 is 5.32 Å². The van der Waals surface area contributed by atoms with Crippen molar-refractivity contribution >= 4 is 11.6 Å². The van der Waals surface area contributed by atoms with Crippen LogP contribution in [0.2, 0.25) is 0 Å². The molecule has 1 unspecified atom stereocenters. The summed E-state index contributed by atoms with van der Waals surface area (Å²) in [5.74, 6) is -0.0281. The molecule has 5 heteroatoms. The Hall–Kier alpha value is -2.14. The fourth-order valence-electron chi connectivity index (χ4n) is 2.67. The highest BCUT2D eigenvalue weighted by Crippen LogP contribution is 2.15. The minimum absolute atomic E-state index is 0.0281. The number of amides is 1. The molecule has 1 atom stereocenters. The van der Waals surface area contributed by atoms with Crippen molar-refractivity contribution in [2.75, 3.05) is 11.9 Å². The van der Waals surface area contributed by atoms with Gasteiger partial charge in [0.05, 0.1) is 31.0 Å². The Labute approximate surface area is 130 Å². The van der Waals surface area contributed by atoms with Crippen LogP contribution in [0.1, 0.15) is 24.8 Å². The van der Waals surface area contributed by atoms with Crippen molar-refractivity contribution in [3.63, 3.8) is 0 Å². The van der Waals surface area contributed by atoms with Gasteiger partial charge < -0.3 is 10.1 Å². The lowest BCUT2D eigenvalue weighted by Gasteiger charge is -2.22. The molecule has 0 radical (unpaired) electrons. The molecule has 5 nitrogen and oxygen atoms in total. The molecule has 1 aliphatic heterocycles. The zero-order valence-corrected chi connectivity index (χ0v) is 12.6. The molecule has 3 rings (SSSR count). The topological polar surface area (TPSA) is 56.2 Å². The van der Waals surface area contributed by atoms with Gasteiger partial charge in [0, 0.05) is 12.8 Å². The molecule has 2 aromatic rings. The summed E-state index contributed by atoms with van der Waals surface area (Å²) in [6.07, 6.45) is 7.60. The molecular formula is C17H21N3O2. The maximum atomic E-state index is 12.0. The van der Waals surface area contributed by atoms with Gasteiger partial charge in [-0.15, -0.1) is 0 Å². The van der Waals surface area contributed by atoms with Gasteiger partial charge in [-0.3, -0.25) is 9.48 Å². The maximum Gasteiger partial charge on any atom is 0.228 e. The van der Waals surface area contributed by atoms with E-state index >= 15 is 0 Å². The summed E-state index contributed by atoms with van der Waals surface area (Å²) in [7, 11) is 0. The Kier molecular flexibility index (Phi) is 4.85. The van der Waals surface area contributed by atoms with Crippen molar-refractivity contribution < 1.29 is 9.53 Å². The second-order valence-electron chi connectivity index (χ2n) is 5.65. The van der Waals surface area contributed by atoms with Gasteiger partial charge in [-0.1, -0.05) is 30.3 Å². The molecule has 1 fully saturated rings. The highest BCUT2D eigenvalue weighted by Gasteiger charge is 2.15. The third-order valence-electron chi connectivity index (χ3n) is 3.79. The molecule has 0 spiro atoms. The Morgan fingerprint density at radius 3 is 2.95 bits per heavy atom. The van der Waals surface area contributed by atoms with Crippen LogP contribution in [0.4, 0.5) is 5.69 Å². The summed E-state index contributed by atoms with van der Waals surface area (Å²) < 4.78 is 7.54. The van der Waals surface area contributed by atoms with Crippen LogP contribution in [0.15, 0.2) is 42.7 Å². The Morgan fingerprint density at radius 1 is 1.32 bits per heavy atom. The summed E-state index contributed by atoms with van der Waals surface area (Å²) in [6, 6.07) is 9.71. The lowest BCUT2D eigenvalue weighted by Crippen LogP contribution is -2.24. The van der Waals surface area contributed by atoms with Crippen molar-refractivity contribution in [3.05, 3.63) is 48.3 Å². The first kappa shape index (κ1) is 14.8. The van der Waals surface area contributed by atoms with Crippen LogP contribution in [0.5, 0.6) is 0 Å². The average Bonchev–Trinajstić information content (AvgIpc) is 2.96. The number of rotatable bonds is 5. The SMILES string of the molecule is O=C(Cc1ccccc1)Nc1cnn(CC2CCCCO2)c1. The first-order valence-corrected chi connectivity index (χ1v) is 7.77. The molecule has 1 aliphatic rings. The maximum absolute atomic E-state index is 12.0. The van der Waals surface area contributed by atoms with Gasteiger partial charge >= 0.3 is 0 Å². The molecule has 116 valence electrons. The highest BCUT2D eigenvalue weighted by molar-refractivity contribution is 5.91. The van der Waals surface area contributed by atoms with E-state index in [2.05, 4.69) is 10.4 Å². The van der Waals surface area contributed by atoms with Crippen LogP contribution >= 0.6 is 0 Å². The fraction of sp³-hybridized carbons (Fsp3) is 0.412. The summed E-state index contributed by atoms with van der Waals surface area (Å²) in [6.45, 7) is 1.58. The number of benzene rings is 1. The van der Waals surface area contributed by atoms with Gasteiger partial charge in [0.25, 0.3) is 0 Å². The lowest BCUT2D eigenvalue weighted by atomic mass is 10.1. The number of nitrogens with zero attached hydrogens (tertiary/aromatic N) is 2. The number of ether oxygens (including phenoxy) is 1. The molecule has 1 saturated heterocycles. The van der Waals surface area contributed by atoms with Gasteiger partial charge in [-0.05, 0) is 24.8 Å². The molecular weight excluding hydrogens is 278 g/mol. The molecule has 0 bridgehead atoms. The molecule has 22 heavy (non-hydrogen) atoms. The third kappa shape index (κ3) is 4.18. The van der Waals surface area contributed by atoms with Crippen molar-refractivity contribution in [1.29, 1.82) is 0 Å². The van der Waals surface area contributed by atoms with E-state index in [0.29, 0.717) is 6.42 Å². The van der Waals surface area contributed by atoms with E-state index in [-0.39, 0.29) is 12.0 Å². The molecule has 1 aromatic heterocycles. The van der Waals surface area contributed by atoms with E-state index in [1.807, 2.05) is 41.2 Å². The summed E-state index contributed by atoms with van der Waals surface area (Å²) in [5.41, 5.74) is 1.74. The Morgan fingerprint density at radius 2 is 2.18 bits per heavy atom. The second-order valence-corrected chi connectivity index (χ2v) is 5.65. The van der Waals surface area contributed by atoms with Crippen molar-refractivity contribution in [3.8, 4) is 0 Å². The van der Waals surface area contributed by atoms with Crippen molar-refractivity contribution in [2.45, 2.75) is 38.3 Å². The Bertz CT molecular complexity index is 603. The van der Waals surface area contributed by atoms with E-state index in [1.165, 1.54) is 6.42 Å². The minimum Gasteiger partial charge on any atom is -0.376 e. The fourth-order valence-corrected chi connectivity index (χ4v) is 2.67. The molecule has 1 amide bonds. The van der Waals surface area contributed by atoms with Gasteiger partial charge in [0.2, 0.25) is 5.91 Å². The van der Waals surface area contributed by atoms with Gasteiger partial charge in [0.15, 0.2) is 0 Å². The van der Waals surface area contributed by atoms with Crippen LogP contribution in [-0.4, -0.2) is 28.4 Å². The van der Waals surface area contributed by atoms with E-state index in [9.17, 15) is 4.79 Å². The normalized spacial score (nSPS) is 18.1. The predicted octanol–water partition coefficient (Wildman–Crippen LogP) is 2.63. The Balaban J connectivity index is 1.51. The van der Waals surface area contributed by atoms with Crippen molar-refractivity contribution in [2.24, 2.45) is 0 Å². The third-order valence-corrected chi connectivity index (χ3v) is 3.79. The highest BCUT2D eigenvalue weighted by atomic mass is 16.5. The lowest BCUT2D eigenvalue weighted by molar-refractivity contribution is -0.115. The number of aromatic nitrogens is 2. The molecule has 0 saturated carbocycles. The van der Waals surface area contributed by atoms with E-state index < -0.39 is 0 Å². The number of carbonyl (C=O) groups excluding carboxylic acids is 1. The second kappa shape index (κ2) is 7.22. The molecule has 1 N–H and O–H groups in total. The number of hydrogen-bond donors (Lipinski definition) is 1. The van der Waals surface area contributed by atoms with Gasteiger partial charge in [0.1, 0.15) is 0 Å². The zero-order chi connectivity index (χ0) is 15.2. The van der Waals surface area contributed by atoms with Crippen LogP contribution in [-0.2, 0) is 22.5 Å². The number of hydrogen-bond acceptors (Lipinski definition) is 3. The summed E-state index contributed by atoms with van der Waals surface area (Å²) in [5, 5.41) is 7.18. The van der Waals surface area contributed by atoms with E-state index in [1.54, 1.807) is 6.20 Å². The van der Waals surface area contributed by atoms with Crippen molar-refractivity contribution in [1.82, 2.24) is 9.78 Å². The number of carbonyl (C=O) groups is 1. The van der Waals surface area contributed by atoms with Gasteiger partial charge in [-0.25, -0.2) is 0 Å². The monoisotopic (exact) mass is 299 g/mol. The summed E-state index contributed by atoms with van der Waals surface area (Å²) in [4.78, 5) is 12.0.